The van der Waals surface area contributed by atoms with Crippen LogP contribution < -0.4 is 14.2 Å². The first-order chi connectivity index (χ1) is 13.3. The zero-order valence-electron chi connectivity index (χ0n) is 13.9. The van der Waals surface area contributed by atoms with Crippen LogP contribution in [0.1, 0.15) is 5.56 Å². The molecule has 0 atom stereocenters. The van der Waals surface area contributed by atoms with Crippen molar-refractivity contribution in [2.75, 3.05) is 4.72 Å². The van der Waals surface area contributed by atoms with Gasteiger partial charge in [0.2, 0.25) is 18.2 Å². The molecular weight excluding hydrogens is 451 g/mol. The second kappa shape index (κ2) is 8.36. The van der Waals surface area contributed by atoms with Crippen molar-refractivity contribution in [3.8, 4) is 5.88 Å². The molecule has 0 aliphatic rings. The molecule has 3 aromatic rings. The van der Waals surface area contributed by atoms with Crippen LogP contribution in [0.5, 0.6) is 5.88 Å². The van der Waals surface area contributed by atoms with Crippen molar-refractivity contribution in [3.63, 3.8) is 0 Å². The van der Waals surface area contributed by atoms with Gasteiger partial charge in [-0.25, -0.2) is 13.4 Å². The minimum Gasteiger partial charge on any atom is -0.470 e. The summed E-state index contributed by atoms with van der Waals surface area (Å²) >= 11 is 17.7. The lowest BCUT2D eigenvalue weighted by molar-refractivity contribution is -0.904. The van der Waals surface area contributed by atoms with Crippen molar-refractivity contribution in [2.45, 2.75) is 11.5 Å². The van der Waals surface area contributed by atoms with Crippen LogP contribution >= 0.6 is 34.8 Å². The molecule has 0 saturated carbocycles. The fourth-order valence-electron chi connectivity index (χ4n) is 2.09. The predicted molar refractivity (Wildman–Crippen MR) is 102 cm³/mol. The molecule has 0 aliphatic carbocycles. The predicted octanol–water partition coefficient (Wildman–Crippen LogP) is 3.34. The number of halogens is 3. The van der Waals surface area contributed by atoms with Gasteiger partial charge in [-0.05, 0) is 12.1 Å². The summed E-state index contributed by atoms with van der Waals surface area (Å²) in [6.07, 6.45) is 3.99. The Bertz CT molecular complexity index is 1110. The van der Waals surface area contributed by atoms with Gasteiger partial charge >= 0.3 is 0 Å². The summed E-state index contributed by atoms with van der Waals surface area (Å²) in [6, 6.07) is 7.43. The van der Waals surface area contributed by atoms with Crippen molar-refractivity contribution >= 4 is 50.6 Å². The second-order valence-corrected chi connectivity index (χ2v) is 8.20. The van der Waals surface area contributed by atoms with Crippen LogP contribution in [0, 0.1) is 0 Å². The maximum Gasteiger partial charge on any atom is 0.264 e. The highest BCUT2D eigenvalue weighted by atomic mass is 35.5. The van der Waals surface area contributed by atoms with Crippen LogP contribution in [-0.4, -0.2) is 23.6 Å². The summed E-state index contributed by atoms with van der Waals surface area (Å²) in [5, 5.41) is 9.22. The number of nitrogens with one attached hydrogen (secondary N) is 1. The molecule has 0 amide bonds. The zero-order valence-corrected chi connectivity index (χ0v) is 17.0. The van der Waals surface area contributed by atoms with Crippen molar-refractivity contribution in [1.82, 2.24) is 9.97 Å². The molecule has 0 aliphatic heterocycles. The van der Waals surface area contributed by atoms with Crippen LogP contribution in [0.2, 0.25) is 15.2 Å². The molecule has 3 rings (SSSR count). The Hall–Kier alpha value is -2.33. The lowest BCUT2D eigenvalue weighted by atomic mass is 10.3. The van der Waals surface area contributed by atoms with E-state index in [1.807, 2.05) is 0 Å². The van der Waals surface area contributed by atoms with Gasteiger partial charge in [-0.3, -0.25) is 9.93 Å². The first kappa shape index (κ1) is 20.4. The summed E-state index contributed by atoms with van der Waals surface area (Å²) in [7, 11) is -4.12. The minimum absolute atomic E-state index is 0.0139. The van der Waals surface area contributed by atoms with Crippen LogP contribution in [0.3, 0.4) is 0 Å². The lowest BCUT2D eigenvalue weighted by Gasteiger charge is -2.13. The van der Waals surface area contributed by atoms with E-state index in [1.165, 1.54) is 36.8 Å². The summed E-state index contributed by atoms with van der Waals surface area (Å²) in [4.78, 5) is 7.68. The topological polar surface area (TPSA) is 105 Å². The van der Waals surface area contributed by atoms with E-state index in [4.69, 9.17) is 39.5 Å². The number of aromatic nitrogens is 3. The largest absolute Gasteiger partial charge is 0.470 e. The summed E-state index contributed by atoms with van der Waals surface area (Å²) in [5.41, 5.74) is 0.693. The Balaban J connectivity index is 1.87. The fourth-order valence-corrected chi connectivity index (χ4v) is 3.99. The Morgan fingerprint density at radius 3 is 2.57 bits per heavy atom. The number of pyridine rings is 1. The Kier molecular flexibility index (Phi) is 6.09. The highest BCUT2D eigenvalue weighted by molar-refractivity contribution is 7.92. The smallest absolute Gasteiger partial charge is 0.264 e. The highest BCUT2D eigenvalue weighted by Gasteiger charge is 2.23. The van der Waals surface area contributed by atoms with Crippen molar-refractivity contribution in [1.29, 1.82) is 0 Å². The van der Waals surface area contributed by atoms with Gasteiger partial charge in [-0.15, -0.1) is 0 Å². The standard InChI is InChI=1S/C16H12Cl3N4O4S/c17-11-2-1-3-12(14(11)19)28(25,26)22-15-16(21-13(18)8-20-15)27-9-10-4-6-23(24)7-5-10/h1-8,24H,9H2,(H,20,22)/q+1. The number of hydrogen-bond acceptors (Lipinski definition) is 6. The monoisotopic (exact) mass is 461 g/mol. The zero-order chi connectivity index (χ0) is 20.3. The summed E-state index contributed by atoms with van der Waals surface area (Å²) in [6.45, 7) is 0.0303. The number of sulfonamides is 1. The van der Waals surface area contributed by atoms with E-state index < -0.39 is 10.0 Å². The molecule has 2 aromatic heterocycles. The van der Waals surface area contributed by atoms with Crippen LogP contribution in [-0.2, 0) is 16.6 Å². The fraction of sp³-hybridized carbons (Fsp3) is 0.0625. The first-order valence-electron chi connectivity index (χ1n) is 7.58. The molecule has 8 nitrogen and oxygen atoms in total. The normalized spacial score (nSPS) is 11.2. The van der Waals surface area contributed by atoms with Gasteiger partial charge in [0.1, 0.15) is 11.5 Å². The lowest BCUT2D eigenvalue weighted by Crippen LogP contribution is -2.28. The summed E-state index contributed by atoms with van der Waals surface area (Å²) < 4.78 is 34.1. The van der Waals surface area contributed by atoms with Gasteiger partial charge in [0, 0.05) is 22.4 Å². The Morgan fingerprint density at radius 2 is 1.86 bits per heavy atom. The van der Waals surface area contributed by atoms with E-state index in [-0.39, 0.29) is 38.4 Å². The third-order valence-electron chi connectivity index (χ3n) is 3.41. The average molecular weight is 463 g/mol. The molecule has 146 valence electrons. The van der Waals surface area contributed by atoms with Crippen LogP contribution in [0.4, 0.5) is 5.82 Å². The van der Waals surface area contributed by atoms with E-state index in [1.54, 1.807) is 12.1 Å². The molecule has 0 bridgehead atoms. The Morgan fingerprint density at radius 1 is 1.14 bits per heavy atom. The molecule has 0 saturated heterocycles. The third kappa shape index (κ3) is 4.74. The molecule has 0 unspecified atom stereocenters. The first-order valence-corrected chi connectivity index (χ1v) is 10.2. The van der Waals surface area contributed by atoms with Gasteiger partial charge < -0.3 is 4.74 Å². The SMILES string of the molecule is O=S(=O)(Nc1ncc(Cl)nc1OCc1cc[n+](O)cc1)c1cccc(Cl)c1Cl. The van der Waals surface area contributed by atoms with E-state index >= 15 is 0 Å². The molecule has 0 spiro atoms. The van der Waals surface area contributed by atoms with Crippen LogP contribution in [0.25, 0.3) is 0 Å². The van der Waals surface area contributed by atoms with E-state index in [2.05, 4.69) is 14.7 Å². The van der Waals surface area contributed by atoms with Gasteiger partial charge in [-0.2, -0.15) is 4.98 Å². The molecule has 2 N–H and O–H groups in total. The number of ether oxygens (including phenoxy) is 1. The molecule has 28 heavy (non-hydrogen) atoms. The van der Waals surface area contributed by atoms with Gasteiger partial charge in [-0.1, -0.05) is 40.9 Å². The van der Waals surface area contributed by atoms with Crippen molar-refractivity contribution in [3.05, 3.63) is 69.7 Å². The molecular formula is C16H12Cl3N4O4S+. The molecule has 12 heteroatoms. The summed E-state index contributed by atoms with van der Waals surface area (Å²) in [5.74, 6) is -0.302. The third-order valence-corrected chi connectivity index (χ3v) is 5.90. The van der Waals surface area contributed by atoms with E-state index in [0.29, 0.717) is 5.56 Å². The van der Waals surface area contributed by atoms with E-state index in [0.717, 1.165) is 4.73 Å². The van der Waals surface area contributed by atoms with Gasteiger partial charge in [0.25, 0.3) is 15.9 Å². The van der Waals surface area contributed by atoms with Crippen molar-refractivity contribution in [2.24, 2.45) is 0 Å². The number of nitrogens with zero attached hydrogens (tertiary/aromatic N) is 3. The minimum atomic E-state index is -4.12. The molecule has 2 heterocycles. The molecule has 0 fully saturated rings. The highest BCUT2D eigenvalue weighted by Crippen LogP contribution is 2.31. The van der Waals surface area contributed by atoms with Crippen molar-refractivity contribution < 1.29 is 23.1 Å². The average Bonchev–Trinajstić information content (AvgIpc) is 2.65. The number of benzene rings is 1. The van der Waals surface area contributed by atoms with Gasteiger partial charge in [0.05, 0.1) is 16.2 Å². The maximum absolute atomic E-state index is 12.7. The number of rotatable bonds is 6. The molecule has 1 aromatic carbocycles. The van der Waals surface area contributed by atoms with Crippen LogP contribution in [0.15, 0.2) is 53.8 Å². The van der Waals surface area contributed by atoms with E-state index in [9.17, 15) is 13.6 Å². The number of hydrogen-bond donors (Lipinski definition) is 2. The Labute approximate surface area is 175 Å². The second-order valence-electron chi connectivity index (χ2n) is 5.38. The molecule has 0 radical (unpaired) electrons. The van der Waals surface area contributed by atoms with Gasteiger partial charge in [0.15, 0.2) is 5.15 Å². The maximum atomic E-state index is 12.7. The number of anilines is 1. The quantitative estimate of drug-likeness (QED) is 0.430.